The van der Waals surface area contributed by atoms with Crippen molar-refractivity contribution >= 4 is 39.3 Å². The molecule has 0 radical (unpaired) electrons. The fraction of sp³-hybridized carbons (Fsp3) is 0.222. The number of rotatable bonds is 7. The topological polar surface area (TPSA) is 76.9 Å². The lowest BCUT2D eigenvalue weighted by Gasteiger charge is -2.10. The molecule has 0 aliphatic carbocycles. The van der Waals surface area contributed by atoms with E-state index in [-0.39, 0.29) is 10.8 Å². The van der Waals surface area contributed by atoms with Gasteiger partial charge < -0.3 is 0 Å². The minimum absolute atomic E-state index is 0.184. The maximum atomic E-state index is 12.6. The number of aromatic nitrogens is 3. The Morgan fingerprint density at radius 3 is 2.48 bits per heavy atom. The van der Waals surface area contributed by atoms with Gasteiger partial charge in [-0.05, 0) is 37.6 Å². The Labute approximate surface area is 168 Å². The summed E-state index contributed by atoms with van der Waals surface area (Å²) in [5.74, 6) is 0.808. The second-order valence-corrected chi connectivity index (χ2v) is 8.88. The fourth-order valence-electron chi connectivity index (χ4n) is 2.41. The van der Waals surface area contributed by atoms with E-state index in [4.69, 9.17) is 11.6 Å². The molecule has 0 unspecified atom stereocenters. The molecule has 0 aliphatic rings. The van der Waals surface area contributed by atoms with Gasteiger partial charge in [0.15, 0.2) is 5.16 Å². The highest BCUT2D eigenvalue weighted by Gasteiger charge is 2.19. The number of aryl methyl sites for hydroxylation is 1. The second kappa shape index (κ2) is 8.33. The SMILES string of the molecule is CCn1c(NS(=O)(=O)c2ccc(C)cc2)nnc1SCc1ccccc1Cl. The van der Waals surface area contributed by atoms with Crippen molar-refractivity contribution in [3.05, 3.63) is 64.7 Å². The number of hydrogen-bond acceptors (Lipinski definition) is 5. The first kappa shape index (κ1) is 19.7. The van der Waals surface area contributed by atoms with E-state index in [0.29, 0.717) is 22.5 Å². The number of nitrogens with zero attached hydrogens (tertiary/aromatic N) is 3. The van der Waals surface area contributed by atoms with Crippen molar-refractivity contribution in [3.63, 3.8) is 0 Å². The molecule has 0 aliphatic heterocycles. The Bertz CT molecular complexity index is 1030. The number of benzene rings is 2. The molecule has 0 atom stereocenters. The standard InChI is InChI=1S/C18H19ClN4O2S2/c1-3-23-17(22-27(24,25)15-10-8-13(2)9-11-15)20-21-18(23)26-12-14-6-4-5-7-16(14)19/h4-11H,3,12H2,1-2H3,(H,20,22). The van der Waals surface area contributed by atoms with Crippen LogP contribution < -0.4 is 4.72 Å². The van der Waals surface area contributed by atoms with Crippen LogP contribution in [0.1, 0.15) is 18.1 Å². The van der Waals surface area contributed by atoms with Crippen LogP contribution in [0, 0.1) is 6.92 Å². The van der Waals surface area contributed by atoms with Gasteiger partial charge in [-0.3, -0.25) is 4.57 Å². The van der Waals surface area contributed by atoms with Crippen LogP contribution in [0.2, 0.25) is 5.02 Å². The van der Waals surface area contributed by atoms with Crippen LogP contribution in [0.25, 0.3) is 0 Å². The molecule has 3 rings (SSSR count). The summed E-state index contributed by atoms with van der Waals surface area (Å²) in [6.07, 6.45) is 0. The zero-order valence-corrected chi connectivity index (χ0v) is 17.3. The van der Waals surface area contributed by atoms with Crippen LogP contribution in [0.15, 0.2) is 58.6 Å². The molecule has 0 bridgehead atoms. The first-order chi connectivity index (χ1) is 12.9. The normalized spacial score (nSPS) is 11.5. The summed E-state index contributed by atoms with van der Waals surface area (Å²) in [4.78, 5) is 0.184. The van der Waals surface area contributed by atoms with E-state index >= 15 is 0 Å². The number of hydrogen-bond donors (Lipinski definition) is 1. The third kappa shape index (κ3) is 4.63. The third-order valence-corrected chi connectivity index (χ3v) is 6.63. The molecule has 142 valence electrons. The molecule has 0 spiro atoms. The van der Waals surface area contributed by atoms with Gasteiger partial charge in [0.25, 0.3) is 10.0 Å². The molecule has 3 aromatic rings. The Morgan fingerprint density at radius 2 is 1.81 bits per heavy atom. The van der Waals surface area contributed by atoms with Gasteiger partial charge in [0.1, 0.15) is 0 Å². The maximum absolute atomic E-state index is 12.6. The molecule has 1 heterocycles. The summed E-state index contributed by atoms with van der Waals surface area (Å²) < 4.78 is 29.5. The molecule has 0 saturated carbocycles. The fourth-order valence-corrected chi connectivity index (χ4v) is 4.70. The predicted molar refractivity (Wildman–Crippen MR) is 109 cm³/mol. The zero-order chi connectivity index (χ0) is 19.4. The van der Waals surface area contributed by atoms with Crippen LogP contribution in [-0.2, 0) is 22.3 Å². The molecule has 6 nitrogen and oxygen atoms in total. The lowest BCUT2D eigenvalue weighted by atomic mass is 10.2. The summed E-state index contributed by atoms with van der Waals surface area (Å²) in [7, 11) is -3.73. The highest BCUT2D eigenvalue weighted by molar-refractivity contribution is 7.98. The second-order valence-electron chi connectivity index (χ2n) is 5.85. The number of anilines is 1. The Hall–Kier alpha value is -2.03. The quantitative estimate of drug-likeness (QED) is 0.572. The van der Waals surface area contributed by atoms with Gasteiger partial charge in [-0.25, -0.2) is 13.1 Å². The average molecular weight is 423 g/mol. The number of sulfonamides is 1. The Balaban J connectivity index is 1.79. The van der Waals surface area contributed by atoms with E-state index in [0.717, 1.165) is 11.1 Å². The molecular formula is C18H19ClN4O2S2. The predicted octanol–water partition coefficient (Wildman–Crippen LogP) is 4.35. The van der Waals surface area contributed by atoms with Crippen LogP contribution in [0.3, 0.4) is 0 Å². The summed E-state index contributed by atoms with van der Waals surface area (Å²) in [5.41, 5.74) is 1.97. The van der Waals surface area contributed by atoms with E-state index in [1.807, 2.05) is 38.1 Å². The Morgan fingerprint density at radius 1 is 1.11 bits per heavy atom. The van der Waals surface area contributed by atoms with E-state index in [9.17, 15) is 8.42 Å². The van der Waals surface area contributed by atoms with Crippen molar-refractivity contribution in [3.8, 4) is 0 Å². The lowest BCUT2D eigenvalue weighted by molar-refractivity contribution is 0.599. The number of nitrogens with one attached hydrogen (secondary N) is 1. The average Bonchev–Trinajstić information content (AvgIpc) is 3.02. The smallest absolute Gasteiger partial charge is 0.264 e. The van der Waals surface area contributed by atoms with Crippen molar-refractivity contribution in [2.45, 2.75) is 36.2 Å². The van der Waals surface area contributed by atoms with E-state index in [1.165, 1.54) is 11.8 Å². The maximum Gasteiger partial charge on any atom is 0.264 e. The summed E-state index contributed by atoms with van der Waals surface area (Å²) in [6, 6.07) is 14.2. The zero-order valence-electron chi connectivity index (χ0n) is 14.9. The van der Waals surface area contributed by atoms with Crippen LogP contribution in [0.4, 0.5) is 5.95 Å². The van der Waals surface area contributed by atoms with Gasteiger partial charge in [0.05, 0.1) is 4.90 Å². The molecule has 27 heavy (non-hydrogen) atoms. The van der Waals surface area contributed by atoms with Crippen molar-refractivity contribution in [2.75, 3.05) is 4.72 Å². The minimum Gasteiger partial charge on any atom is -0.288 e. The number of halogens is 1. The minimum atomic E-state index is -3.73. The first-order valence-corrected chi connectivity index (χ1v) is 11.1. The van der Waals surface area contributed by atoms with Gasteiger partial charge in [0.2, 0.25) is 5.95 Å². The highest BCUT2D eigenvalue weighted by Crippen LogP contribution is 2.27. The van der Waals surface area contributed by atoms with E-state index in [1.54, 1.807) is 28.8 Å². The highest BCUT2D eigenvalue weighted by atomic mass is 35.5. The van der Waals surface area contributed by atoms with Crippen LogP contribution in [0.5, 0.6) is 0 Å². The van der Waals surface area contributed by atoms with Gasteiger partial charge in [-0.1, -0.05) is 59.3 Å². The largest absolute Gasteiger partial charge is 0.288 e. The van der Waals surface area contributed by atoms with Crippen LogP contribution >= 0.6 is 23.4 Å². The van der Waals surface area contributed by atoms with E-state index < -0.39 is 10.0 Å². The van der Waals surface area contributed by atoms with Crippen molar-refractivity contribution in [2.24, 2.45) is 0 Å². The van der Waals surface area contributed by atoms with Crippen LogP contribution in [-0.4, -0.2) is 23.2 Å². The van der Waals surface area contributed by atoms with Gasteiger partial charge in [-0.2, -0.15) is 0 Å². The molecule has 2 aromatic carbocycles. The monoisotopic (exact) mass is 422 g/mol. The Kier molecular flexibility index (Phi) is 6.08. The van der Waals surface area contributed by atoms with Gasteiger partial charge >= 0.3 is 0 Å². The molecular weight excluding hydrogens is 404 g/mol. The summed E-state index contributed by atoms with van der Waals surface area (Å²) in [5, 5.41) is 9.46. The molecule has 1 N–H and O–H groups in total. The third-order valence-electron chi connectivity index (χ3n) is 3.90. The number of thioether (sulfide) groups is 1. The first-order valence-electron chi connectivity index (χ1n) is 8.29. The molecule has 0 fully saturated rings. The van der Waals surface area contributed by atoms with Crippen molar-refractivity contribution < 1.29 is 8.42 Å². The lowest BCUT2D eigenvalue weighted by Crippen LogP contribution is -2.16. The molecule has 0 saturated heterocycles. The van der Waals surface area contributed by atoms with Crippen molar-refractivity contribution in [1.82, 2.24) is 14.8 Å². The van der Waals surface area contributed by atoms with Gasteiger partial charge in [-0.15, -0.1) is 10.2 Å². The summed E-state index contributed by atoms with van der Waals surface area (Å²) >= 11 is 7.64. The van der Waals surface area contributed by atoms with Gasteiger partial charge in [0, 0.05) is 17.3 Å². The molecule has 0 amide bonds. The molecule has 1 aromatic heterocycles. The van der Waals surface area contributed by atoms with E-state index in [2.05, 4.69) is 14.9 Å². The molecule has 9 heteroatoms. The summed E-state index contributed by atoms with van der Waals surface area (Å²) in [6.45, 7) is 4.34. The van der Waals surface area contributed by atoms with Crippen molar-refractivity contribution in [1.29, 1.82) is 0 Å².